The molecule has 3 aromatic rings. The van der Waals surface area contributed by atoms with Crippen molar-refractivity contribution in [3.63, 3.8) is 0 Å². The second-order valence-corrected chi connectivity index (χ2v) is 6.41. The highest BCUT2D eigenvalue weighted by Gasteiger charge is 2.18. The zero-order valence-electron chi connectivity index (χ0n) is 16.5. The molecule has 0 fully saturated rings. The van der Waals surface area contributed by atoms with Crippen molar-refractivity contribution in [1.29, 1.82) is 0 Å². The van der Waals surface area contributed by atoms with Crippen molar-refractivity contribution in [2.75, 3.05) is 12.4 Å². The molecule has 2 N–H and O–H groups in total. The van der Waals surface area contributed by atoms with E-state index in [1.165, 1.54) is 25.3 Å². The third kappa shape index (κ3) is 4.45. The number of H-pyrrole nitrogens is 1. The van der Waals surface area contributed by atoms with Crippen LogP contribution in [-0.2, 0) is 0 Å². The molecule has 2 aromatic carbocycles. The molecule has 0 saturated carbocycles. The Balaban J connectivity index is 1.99. The number of aromatic amines is 1. The van der Waals surface area contributed by atoms with Gasteiger partial charge in [0.2, 0.25) is 0 Å². The number of aromatic nitrogens is 2. The van der Waals surface area contributed by atoms with Gasteiger partial charge in [-0.15, -0.1) is 0 Å². The quantitative estimate of drug-likeness (QED) is 0.637. The van der Waals surface area contributed by atoms with E-state index in [4.69, 9.17) is 4.74 Å². The average molecular weight is 415 g/mol. The number of aryl methyl sites for hydroxylation is 1. The van der Waals surface area contributed by atoms with Gasteiger partial charge in [-0.1, -0.05) is 12.1 Å². The van der Waals surface area contributed by atoms with Crippen molar-refractivity contribution in [3.05, 3.63) is 69.6 Å². The second-order valence-electron chi connectivity index (χ2n) is 6.41. The Morgan fingerprint density at radius 3 is 2.47 bits per heavy atom. The molecule has 0 saturated heterocycles. The zero-order chi connectivity index (χ0) is 21.8. The summed E-state index contributed by atoms with van der Waals surface area (Å²) in [5, 5.41) is 8.72. The fourth-order valence-corrected chi connectivity index (χ4v) is 2.90. The van der Waals surface area contributed by atoms with E-state index in [1.807, 2.05) is 0 Å². The second kappa shape index (κ2) is 8.73. The van der Waals surface area contributed by atoms with Gasteiger partial charge in [-0.05, 0) is 55.3 Å². The van der Waals surface area contributed by atoms with Gasteiger partial charge in [-0.2, -0.15) is 13.9 Å². The monoisotopic (exact) mass is 415 g/mol. The van der Waals surface area contributed by atoms with Crippen molar-refractivity contribution in [2.24, 2.45) is 0 Å². The topological polar surface area (TPSA) is 93.3 Å². The number of ether oxygens (including phenoxy) is 2. The molecule has 0 atom stereocenters. The summed E-state index contributed by atoms with van der Waals surface area (Å²) >= 11 is 0. The van der Waals surface area contributed by atoms with Gasteiger partial charge in [-0.3, -0.25) is 9.59 Å². The van der Waals surface area contributed by atoms with Gasteiger partial charge in [0, 0.05) is 11.3 Å². The van der Waals surface area contributed by atoms with Crippen LogP contribution in [0.1, 0.15) is 21.6 Å². The Kier molecular flexibility index (Phi) is 6.10. The number of nitrogens with zero attached hydrogens (tertiary/aromatic N) is 1. The molecule has 1 aromatic heterocycles. The number of hydrogen-bond donors (Lipinski definition) is 2. The Hall–Kier alpha value is -3.75. The third-order valence-corrected chi connectivity index (χ3v) is 4.55. The molecule has 1 amide bonds. The van der Waals surface area contributed by atoms with Crippen molar-refractivity contribution >= 4 is 11.6 Å². The lowest BCUT2D eigenvalue weighted by Crippen LogP contribution is -2.26. The molecule has 156 valence electrons. The fourth-order valence-electron chi connectivity index (χ4n) is 2.90. The Morgan fingerprint density at radius 1 is 1.13 bits per heavy atom. The van der Waals surface area contributed by atoms with E-state index in [0.717, 1.165) is 0 Å². The first-order valence-corrected chi connectivity index (χ1v) is 8.90. The number of carbonyl (C=O) groups is 1. The van der Waals surface area contributed by atoms with E-state index in [0.29, 0.717) is 33.8 Å². The van der Waals surface area contributed by atoms with Gasteiger partial charge < -0.3 is 14.8 Å². The third-order valence-electron chi connectivity index (χ3n) is 4.55. The standard InChI is InChI=1S/C21H19F2N3O4/c1-11-12(2)25-26-20(28)18(11)19(27)24-14-6-9-17(30-21(22)23)16(10-14)13-4-7-15(29-3)8-5-13/h4-10,21H,1-3H3,(H,24,27)(H,26,28). The van der Waals surface area contributed by atoms with Crippen molar-refractivity contribution in [1.82, 2.24) is 10.2 Å². The largest absolute Gasteiger partial charge is 0.497 e. The predicted molar refractivity (Wildman–Crippen MR) is 107 cm³/mol. The van der Waals surface area contributed by atoms with Crippen LogP contribution >= 0.6 is 0 Å². The van der Waals surface area contributed by atoms with E-state index < -0.39 is 18.1 Å². The summed E-state index contributed by atoms with van der Waals surface area (Å²) in [6.45, 7) is 0.276. The van der Waals surface area contributed by atoms with Crippen LogP contribution in [0.3, 0.4) is 0 Å². The lowest BCUT2D eigenvalue weighted by atomic mass is 10.0. The molecule has 0 aliphatic rings. The highest BCUT2D eigenvalue weighted by Crippen LogP contribution is 2.34. The first-order valence-electron chi connectivity index (χ1n) is 8.90. The fraction of sp³-hybridized carbons (Fsp3) is 0.190. The van der Waals surface area contributed by atoms with E-state index >= 15 is 0 Å². The maximum atomic E-state index is 12.8. The SMILES string of the molecule is COc1ccc(-c2cc(NC(=O)c3c(C)c(C)n[nH]c3=O)ccc2OC(F)F)cc1. The summed E-state index contributed by atoms with van der Waals surface area (Å²) in [5.74, 6) is -0.0910. The van der Waals surface area contributed by atoms with Crippen molar-refractivity contribution in [3.8, 4) is 22.6 Å². The van der Waals surface area contributed by atoms with Crippen LogP contribution in [0.5, 0.6) is 11.5 Å². The van der Waals surface area contributed by atoms with Gasteiger partial charge >= 0.3 is 6.61 Å². The number of anilines is 1. The van der Waals surface area contributed by atoms with Crippen molar-refractivity contribution < 1.29 is 23.0 Å². The number of alkyl halides is 2. The molecule has 7 nitrogen and oxygen atoms in total. The molecule has 9 heteroatoms. The minimum absolute atomic E-state index is 0.0538. The van der Waals surface area contributed by atoms with Crippen LogP contribution in [-0.4, -0.2) is 29.8 Å². The summed E-state index contributed by atoms with van der Waals surface area (Å²) in [5.41, 5.74) is 1.50. The summed E-state index contributed by atoms with van der Waals surface area (Å²) in [7, 11) is 1.51. The first kappa shape index (κ1) is 21.0. The van der Waals surface area contributed by atoms with E-state index in [9.17, 15) is 18.4 Å². The molecular weight excluding hydrogens is 396 g/mol. The van der Waals surface area contributed by atoms with Crippen LogP contribution in [0.2, 0.25) is 0 Å². The highest BCUT2D eigenvalue weighted by molar-refractivity contribution is 6.05. The lowest BCUT2D eigenvalue weighted by Gasteiger charge is -2.14. The van der Waals surface area contributed by atoms with Gasteiger partial charge in [-0.25, -0.2) is 5.10 Å². The van der Waals surface area contributed by atoms with Gasteiger partial charge in [0.05, 0.1) is 12.8 Å². The molecule has 0 aliphatic heterocycles. The zero-order valence-corrected chi connectivity index (χ0v) is 16.5. The highest BCUT2D eigenvalue weighted by atomic mass is 19.3. The maximum Gasteiger partial charge on any atom is 0.387 e. The van der Waals surface area contributed by atoms with Gasteiger partial charge in [0.25, 0.3) is 11.5 Å². The Labute approximate surface area is 170 Å². The number of benzene rings is 2. The average Bonchev–Trinajstić information content (AvgIpc) is 2.72. The molecule has 0 unspecified atom stereocenters. The number of rotatable bonds is 6. The Bertz CT molecular complexity index is 1130. The van der Waals surface area contributed by atoms with Crippen LogP contribution < -0.4 is 20.3 Å². The minimum atomic E-state index is -3.01. The van der Waals surface area contributed by atoms with E-state index in [2.05, 4.69) is 20.3 Å². The molecular formula is C21H19F2N3O4. The number of nitrogens with one attached hydrogen (secondary N) is 2. The molecule has 1 heterocycles. The first-order chi connectivity index (χ1) is 14.3. The maximum absolute atomic E-state index is 12.8. The van der Waals surface area contributed by atoms with E-state index in [1.54, 1.807) is 38.1 Å². The van der Waals surface area contributed by atoms with Crippen LogP contribution in [0, 0.1) is 13.8 Å². The lowest BCUT2D eigenvalue weighted by molar-refractivity contribution is -0.0494. The molecule has 0 aliphatic carbocycles. The smallest absolute Gasteiger partial charge is 0.387 e. The van der Waals surface area contributed by atoms with Gasteiger partial charge in [0.1, 0.15) is 17.1 Å². The number of methoxy groups -OCH3 is 1. The number of carbonyl (C=O) groups excluding carboxylic acids is 1. The number of halogens is 2. The summed E-state index contributed by atoms with van der Waals surface area (Å²) < 4.78 is 35.4. The molecule has 0 spiro atoms. The summed E-state index contributed by atoms with van der Waals surface area (Å²) in [4.78, 5) is 24.7. The summed E-state index contributed by atoms with van der Waals surface area (Å²) in [6, 6.07) is 11.0. The van der Waals surface area contributed by atoms with Crippen LogP contribution in [0.4, 0.5) is 14.5 Å². The predicted octanol–water partition coefficient (Wildman–Crippen LogP) is 3.92. The van der Waals surface area contributed by atoms with Crippen LogP contribution in [0.25, 0.3) is 11.1 Å². The van der Waals surface area contributed by atoms with Gasteiger partial charge in [0.15, 0.2) is 0 Å². The number of hydrogen-bond acceptors (Lipinski definition) is 5. The van der Waals surface area contributed by atoms with Crippen molar-refractivity contribution in [2.45, 2.75) is 20.5 Å². The van der Waals surface area contributed by atoms with Crippen LogP contribution in [0.15, 0.2) is 47.3 Å². The molecule has 3 rings (SSSR count). The molecule has 0 radical (unpaired) electrons. The molecule has 0 bridgehead atoms. The summed E-state index contributed by atoms with van der Waals surface area (Å²) in [6.07, 6.45) is 0. The normalized spacial score (nSPS) is 10.7. The molecule has 30 heavy (non-hydrogen) atoms. The van der Waals surface area contributed by atoms with E-state index in [-0.39, 0.29) is 11.3 Å². The Morgan fingerprint density at radius 2 is 1.83 bits per heavy atom. The minimum Gasteiger partial charge on any atom is -0.497 e. The number of amides is 1.